The van der Waals surface area contributed by atoms with Gasteiger partial charge in [0.2, 0.25) is 5.88 Å². The van der Waals surface area contributed by atoms with Crippen LogP contribution < -0.4 is 15.0 Å². The lowest BCUT2D eigenvalue weighted by molar-refractivity contribution is 0.172. The topological polar surface area (TPSA) is 84.4 Å². The summed E-state index contributed by atoms with van der Waals surface area (Å²) in [6.07, 6.45) is 0. The normalized spacial score (nSPS) is 13.3. The van der Waals surface area contributed by atoms with E-state index in [2.05, 4.69) is 25.9 Å². The smallest absolute Gasteiger partial charge is 0.269 e. The zero-order valence-corrected chi connectivity index (χ0v) is 12.3. The van der Waals surface area contributed by atoms with Crippen LogP contribution in [0.4, 0.5) is 0 Å². The Morgan fingerprint density at radius 2 is 2.10 bits per heavy atom. The zero-order valence-electron chi connectivity index (χ0n) is 9.94. The third-order valence-electron chi connectivity index (χ3n) is 2.72. The third kappa shape index (κ3) is 2.23. The van der Waals surface area contributed by atoms with E-state index in [1.165, 1.54) is 0 Å². The lowest BCUT2D eigenvalue weighted by atomic mass is 10.2. The molecule has 20 heavy (non-hydrogen) atoms. The highest BCUT2D eigenvalue weighted by atomic mass is 79.9. The van der Waals surface area contributed by atoms with E-state index in [1.807, 2.05) is 0 Å². The lowest BCUT2D eigenvalue weighted by Gasteiger charge is -2.20. The fourth-order valence-electron chi connectivity index (χ4n) is 1.83. The molecule has 0 aliphatic carbocycles. The number of ether oxygens (including phenoxy) is 2. The second-order valence-corrected chi connectivity index (χ2v) is 5.23. The first-order valence-corrected chi connectivity index (χ1v) is 6.81. The van der Waals surface area contributed by atoms with Crippen molar-refractivity contribution in [3.63, 3.8) is 0 Å². The van der Waals surface area contributed by atoms with Crippen LogP contribution >= 0.6 is 27.5 Å². The standard InChI is InChI=1S/C12H8BrClN2O4/c13-8-11(17)15-10(16-12(8)18)5-3-6(14)9-7(4-5)19-1-2-20-9/h3-4H,1-2H2,(H2,15,16,17,18). The van der Waals surface area contributed by atoms with Gasteiger partial charge >= 0.3 is 0 Å². The van der Waals surface area contributed by atoms with Gasteiger partial charge < -0.3 is 19.6 Å². The molecule has 6 nitrogen and oxygen atoms in total. The molecule has 0 radical (unpaired) electrons. The van der Waals surface area contributed by atoms with Crippen LogP contribution in [0.1, 0.15) is 0 Å². The molecule has 0 amide bonds. The van der Waals surface area contributed by atoms with Crippen LogP contribution in [0.5, 0.6) is 17.4 Å². The van der Waals surface area contributed by atoms with E-state index in [9.17, 15) is 9.90 Å². The van der Waals surface area contributed by atoms with Crippen molar-refractivity contribution in [2.24, 2.45) is 0 Å². The zero-order chi connectivity index (χ0) is 14.3. The van der Waals surface area contributed by atoms with Gasteiger partial charge in [0.1, 0.15) is 23.5 Å². The number of rotatable bonds is 1. The SMILES string of the molecule is O=c1[nH]c(-c2cc(Cl)c3c(c2)OCCO3)nc(O)c1Br. The molecule has 0 bridgehead atoms. The highest BCUT2D eigenvalue weighted by Gasteiger charge is 2.19. The Hall–Kier alpha value is -1.73. The Labute approximate surface area is 126 Å². The van der Waals surface area contributed by atoms with E-state index in [0.717, 1.165) is 0 Å². The summed E-state index contributed by atoms with van der Waals surface area (Å²) in [5.74, 6) is 0.735. The minimum Gasteiger partial charge on any atom is -0.492 e. The first-order valence-electron chi connectivity index (χ1n) is 5.64. The number of aromatic hydroxyl groups is 1. The van der Waals surface area contributed by atoms with E-state index >= 15 is 0 Å². The average Bonchev–Trinajstić information content (AvgIpc) is 2.44. The van der Waals surface area contributed by atoms with Gasteiger partial charge in [-0.1, -0.05) is 11.6 Å². The molecule has 3 rings (SSSR count). The average molecular weight is 360 g/mol. The molecule has 2 aromatic rings. The number of nitrogens with zero attached hydrogens (tertiary/aromatic N) is 1. The molecule has 8 heteroatoms. The third-order valence-corrected chi connectivity index (χ3v) is 3.71. The summed E-state index contributed by atoms with van der Waals surface area (Å²) >= 11 is 9.04. The summed E-state index contributed by atoms with van der Waals surface area (Å²) in [5, 5.41) is 9.93. The van der Waals surface area contributed by atoms with Crippen LogP contribution in [0.2, 0.25) is 5.02 Å². The molecule has 0 saturated carbocycles. The second kappa shape index (κ2) is 4.99. The van der Waals surface area contributed by atoms with E-state index in [1.54, 1.807) is 12.1 Å². The first-order chi connectivity index (χ1) is 9.56. The molecule has 1 aliphatic heterocycles. The molecule has 0 fully saturated rings. The number of nitrogens with one attached hydrogen (secondary N) is 1. The summed E-state index contributed by atoms with van der Waals surface area (Å²) < 4.78 is 10.8. The van der Waals surface area contributed by atoms with Crippen molar-refractivity contribution < 1.29 is 14.6 Å². The van der Waals surface area contributed by atoms with E-state index in [4.69, 9.17) is 21.1 Å². The van der Waals surface area contributed by atoms with Crippen LogP contribution in [0.3, 0.4) is 0 Å². The van der Waals surface area contributed by atoms with Crippen LogP contribution in [-0.2, 0) is 0 Å². The maximum Gasteiger partial charge on any atom is 0.269 e. The summed E-state index contributed by atoms with van der Waals surface area (Å²) in [4.78, 5) is 18.0. The number of halogens is 2. The predicted octanol–water partition coefficient (Wildman–Crippen LogP) is 2.33. The second-order valence-electron chi connectivity index (χ2n) is 4.03. The van der Waals surface area contributed by atoms with Gasteiger partial charge in [0.25, 0.3) is 5.56 Å². The first kappa shape index (κ1) is 13.3. The van der Waals surface area contributed by atoms with Crippen molar-refractivity contribution in [1.82, 2.24) is 9.97 Å². The monoisotopic (exact) mass is 358 g/mol. The fourth-order valence-corrected chi connectivity index (χ4v) is 2.28. The van der Waals surface area contributed by atoms with Crippen LogP contribution in [0, 0.1) is 0 Å². The Kier molecular flexibility index (Phi) is 3.31. The van der Waals surface area contributed by atoms with Crippen LogP contribution in [0.25, 0.3) is 11.4 Å². The van der Waals surface area contributed by atoms with Crippen molar-refractivity contribution in [3.05, 3.63) is 32.0 Å². The van der Waals surface area contributed by atoms with Crippen molar-refractivity contribution in [3.8, 4) is 28.8 Å². The number of aromatic amines is 1. The van der Waals surface area contributed by atoms with E-state index < -0.39 is 11.4 Å². The van der Waals surface area contributed by atoms with Gasteiger partial charge in [0, 0.05) is 5.56 Å². The molecule has 2 N–H and O–H groups in total. The minimum atomic E-state index is -0.487. The summed E-state index contributed by atoms with van der Waals surface area (Å²) in [6, 6.07) is 3.23. The van der Waals surface area contributed by atoms with Gasteiger partial charge in [-0.2, -0.15) is 4.98 Å². The van der Waals surface area contributed by atoms with Gasteiger partial charge in [-0.15, -0.1) is 0 Å². The number of hydrogen-bond donors (Lipinski definition) is 2. The molecule has 2 heterocycles. The molecular weight excluding hydrogens is 351 g/mol. The quantitative estimate of drug-likeness (QED) is 0.816. The molecular formula is C12H8BrClN2O4. The highest BCUT2D eigenvalue weighted by molar-refractivity contribution is 9.10. The largest absolute Gasteiger partial charge is 0.492 e. The van der Waals surface area contributed by atoms with Crippen LogP contribution in [0.15, 0.2) is 21.4 Å². The lowest BCUT2D eigenvalue weighted by Crippen LogP contribution is -2.16. The Balaban J connectivity index is 2.16. The molecule has 104 valence electrons. The van der Waals surface area contributed by atoms with Crippen molar-refractivity contribution in [2.75, 3.05) is 13.2 Å². The van der Waals surface area contributed by atoms with Crippen LogP contribution in [-0.4, -0.2) is 28.3 Å². The molecule has 1 aromatic carbocycles. The van der Waals surface area contributed by atoms with Gasteiger partial charge in [-0.3, -0.25) is 4.79 Å². The maximum atomic E-state index is 11.6. The highest BCUT2D eigenvalue weighted by Crippen LogP contribution is 2.40. The number of hydrogen-bond acceptors (Lipinski definition) is 5. The fraction of sp³-hybridized carbons (Fsp3) is 0.167. The summed E-state index contributed by atoms with van der Waals surface area (Å²) in [5.41, 5.74) is 0.0256. The number of fused-ring (bicyclic) bond motifs is 1. The molecule has 0 spiro atoms. The van der Waals surface area contributed by atoms with Crippen molar-refractivity contribution in [2.45, 2.75) is 0 Å². The summed E-state index contributed by atoms with van der Waals surface area (Å²) in [6.45, 7) is 0.850. The minimum absolute atomic E-state index is 0.0232. The summed E-state index contributed by atoms with van der Waals surface area (Å²) in [7, 11) is 0. The van der Waals surface area contributed by atoms with Gasteiger partial charge in [0.05, 0.1) is 5.02 Å². The number of aromatic nitrogens is 2. The number of H-pyrrole nitrogens is 1. The molecule has 1 aliphatic rings. The maximum absolute atomic E-state index is 11.6. The van der Waals surface area contributed by atoms with Gasteiger partial charge in [0.15, 0.2) is 11.5 Å². The number of benzene rings is 1. The van der Waals surface area contributed by atoms with Gasteiger partial charge in [-0.25, -0.2) is 0 Å². The molecule has 1 aromatic heterocycles. The van der Waals surface area contributed by atoms with Crippen molar-refractivity contribution >= 4 is 27.5 Å². The Morgan fingerprint density at radius 3 is 2.85 bits per heavy atom. The van der Waals surface area contributed by atoms with E-state index in [0.29, 0.717) is 35.3 Å². The van der Waals surface area contributed by atoms with Crippen molar-refractivity contribution in [1.29, 1.82) is 0 Å². The van der Waals surface area contributed by atoms with Gasteiger partial charge in [-0.05, 0) is 28.1 Å². The Bertz CT molecular complexity index is 747. The predicted molar refractivity (Wildman–Crippen MR) is 75.7 cm³/mol. The molecule has 0 saturated heterocycles. The molecule has 0 atom stereocenters. The van der Waals surface area contributed by atoms with E-state index in [-0.39, 0.29) is 10.3 Å². The molecule has 0 unspecified atom stereocenters. The Morgan fingerprint density at radius 1 is 1.35 bits per heavy atom.